The minimum Gasteiger partial charge on any atom is -0.378 e. The van der Waals surface area contributed by atoms with E-state index in [-0.39, 0.29) is 23.8 Å². The molecule has 118 valence electrons. The Morgan fingerprint density at radius 3 is 2.45 bits per heavy atom. The van der Waals surface area contributed by atoms with Gasteiger partial charge in [0.2, 0.25) is 11.8 Å². The number of likely N-dealkylation sites (tertiary alicyclic amines) is 1. The molecule has 2 heterocycles. The van der Waals surface area contributed by atoms with Crippen LogP contribution in [0.5, 0.6) is 0 Å². The molecule has 2 aliphatic heterocycles. The van der Waals surface area contributed by atoms with Crippen LogP contribution in [0.4, 0.5) is 0 Å². The summed E-state index contributed by atoms with van der Waals surface area (Å²) < 4.78 is 5.31. The van der Waals surface area contributed by atoms with E-state index in [9.17, 15) is 9.59 Å². The van der Waals surface area contributed by atoms with Crippen molar-refractivity contribution >= 4 is 11.8 Å². The van der Waals surface area contributed by atoms with E-state index in [1.54, 1.807) is 11.9 Å². The number of morpholine rings is 1. The Morgan fingerprint density at radius 1 is 1.18 bits per heavy atom. The molecule has 0 unspecified atom stereocenters. The minimum atomic E-state index is -0.293. The Balaban J connectivity index is 1.86. The third-order valence-corrected chi connectivity index (χ3v) is 4.65. The maximum atomic E-state index is 12.8. The zero-order valence-corrected chi connectivity index (χ0v) is 13.1. The second-order valence-electron chi connectivity index (χ2n) is 6.11. The number of amides is 2. The molecule has 2 aliphatic rings. The molecular weight excluding hydrogens is 280 g/mol. The zero-order chi connectivity index (χ0) is 15.7. The number of hydrogen-bond acceptors (Lipinski definition) is 3. The maximum absolute atomic E-state index is 12.8. The lowest BCUT2D eigenvalue weighted by Gasteiger charge is -2.32. The van der Waals surface area contributed by atoms with Crippen molar-refractivity contribution in [3.8, 4) is 0 Å². The standard InChI is InChI=1S/C17H22N2O3/c1-12-3-5-13(6-4-12)16-14(11-15(20)18(16)2)17(21)19-7-9-22-10-8-19/h3-6,14,16H,7-11H2,1-2H3/t14-,16-/m0/s1. The van der Waals surface area contributed by atoms with Gasteiger partial charge in [-0.25, -0.2) is 0 Å². The van der Waals surface area contributed by atoms with Gasteiger partial charge in [-0.3, -0.25) is 9.59 Å². The molecule has 1 aromatic carbocycles. The summed E-state index contributed by atoms with van der Waals surface area (Å²) in [6.45, 7) is 4.43. The summed E-state index contributed by atoms with van der Waals surface area (Å²) in [6, 6.07) is 7.94. The lowest BCUT2D eigenvalue weighted by Crippen LogP contribution is -2.44. The summed E-state index contributed by atoms with van der Waals surface area (Å²) in [5.74, 6) is -0.179. The van der Waals surface area contributed by atoms with Crippen molar-refractivity contribution in [1.82, 2.24) is 9.80 Å². The van der Waals surface area contributed by atoms with Crippen molar-refractivity contribution in [2.45, 2.75) is 19.4 Å². The summed E-state index contributed by atoms with van der Waals surface area (Å²) in [7, 11) is 1.79. The number of carbonyl (C=O) groups excluding carboxylic acids is 2. The van der Waals surface area contributed by atoms with E-state index in [0.717, 1.165) is 5.56 Å². The molecule has 0 bridgehead atoms. The van der Waals surface area contributed by atoms with Crippen molar-refractivity contribution in [3.63, 3.8) is 0 Å². The van der Waals surface area contributed by atoms with Crippen LogP contribution in [0.15, 0.2) is 24.3 Å². The minimum absolute atomic E-state index is 0.0391. The second-order valence-corrected chi connectivity index (χ2v) is 6.11. The third kappa shape index (κ3) is 2.73. The van der Waals surface area contributed by atoms with Crippen LogP contribution in [0.2, 0.25) is 0 Å². The predicted molar refractivity (Wildman–Crippen MR) is 82.2 cm³/mol. The predicted octanol–water partition coefficient (Wildman–Crippen LogP) is 1.37. The zero-order valence-electron chi connectivity index (χ0n) is 13.1. The van der Waals surface area contributed by atoms with Crippen LogP contribution in [-0.2, 0) is 14.3 Å². The quantitative estimate of drug-likeness (QED) is 0.829. The van der Waals surface area contributed by atoms with Crippen LogP contribution in [-0.4, -0.2) is 55.0 Å². The van der Waals surface area contributed by atoms with Gasteiger partial charge in [-0.2, -0.15) is 0 Å². The number of aryl methyl sites for hydroxylation is 1. The molecule has 2 fully saturated rings. The number of ether oxygens (including phenoxy) is 1. The van der Waals surface area contributed by atoms with Crippen molar-refractivity contribution in [1.29, 1.82) is 0 Å². The topological polar surface area (TPSA) is 49.9 Å². The number of rotatable bonds is 2. The van der Waals surface area contributed by atoms with Gasteiger partial charge in [0.1, 0.15) is 0 Å². The first-order valence-electron chi connectivity index (χ1n) is 7.76. The summed E-state index contributed by atoms with van der Waals surface area (Å²) >= 11 is 0. The van der Waals surface area contributed by atoms with Gasteiger partial charge in [0, 0.05) is 26.6 Å². The Hall–Kier alpha value is -1.88. The van der Waals surface area contributed by atoms with Gasteiger partial charge in [0.05, 0.1) is 25.2 Å². The lowest BCUT2D eigenvalue weighted by molar-refractivity contribution is -0.140. The highest BCUT2D eigenvalue weighted by atomic mass is 16.5. The van der Waals surface area contributed by atoms with E-state index in [1.807, 2.05) is 36.1 Å². The molecule has 22 heavy (non-hydrogen) atoms. The number of benzene rings is 1. The van der Waals surface area contributed by atoms with Crippen molar-refractivity contribution in [2.75, 3.05) is 33.4 Å². The highest BCUT2D eigenvalue weighted by Gasteiger charge is 2.44. The van der Waals surface area contributed by atoms with Gasteiger partial charge in [-0.05, 0) is 12.5 Å². The summed E-state index contributed by atoms with van der Waals surface area (Å²) in [6.07, 6.45) is 0.297. The molecule has 0 aromatic heterocycles. The van der Waals surface area contributed by atoms with Crippen LogP contribution in [0.3, 0.4) is 0 Å². The van der Waals surface area contributed by atoms with Crippen molar-refractivity contribution in [2.24, 2.45) is 5.92 Å². The van der Waals surface area contributed by atoms with E-state index in [1.165, 1.54) is 5.56 Å². The highest BCUT2D eigenvalue weighted by molar-refractivity contribution is 5.90. The average Bonchev–Trinajstić information content (AvgIpc) is 2.84. The van der Waals surface area contributed by atoms with E-state index in [4.69, 9.17) is 4.74 Å². The Labute approximate surface area is 130 Å². The van der Waals surface area contributed by atoms with E-state index >= 15 is 0 Å². The highest BCUT2D eigenvalue weighted by Crippen LogP contribution is 2.38. The van der Waals surface area contributed by atoms with Crippen LogP contribution in [0.1, 0.15) is 23.6 Å². The first kappa shape index (κ1) is 15.0. The maximum Gasteiger partial charge on any atom is 0.228 e. The van der Waals surface area contributed by atoms with Crippen LogP contribution < -0.4 is 0 Å². The monoisotopic (exact) mass is 302 g/mol. The van der Waals surface area contributed by atoms with Gasteiger partial charge in [0.15, 0.2) is 0 Å². The largest absolute Gasteiger partial charge is 0.378 e. The molecule has 0 N–H and O–H groups in total. The molecule has 1 aromatic rings. The fraction of sp³-hybridized carbons (Fsp3) is 0.529. The number of nitrogens with zero attached hydrogens (tertiary/aromatic N) is 2. The molecule has 3 rings (SSSR count). The van der Waals surface area contributed by atoms with E-state index in [2.05, 4.69) is 0 Å². The normalized spacial score (nSPS) is 25.6. The SMILES string of the molecule is Cc1ccc([C@H]2[C@@H](C(=O)N3CCOCC3)CC(=O)N2C)cc1. The molecule has 0 spiro atoms. The molecule has 2 amide bonds. The van der Waals surface area contributed by atoms with Gasteiger partial charge in [0.25, 0.3) is 0 Å². The van der Waals surface area contributed by atoms with Gasteiger partial charge < -0.3 is 14.5 Å². The van der Waals surface area contributed by atoms with Gasteiger partial charge in [-0.15, -0.1) is 0 Å². The molecule has 0 saturated carbocycles. The lowest BCUT2D eigenvalue weighted by atomic mass is 9.92. The third-order valence-electron chi connectivity index (χ3n) is 4.65. The summed E-state index contributed by atoms with van der Waals surface area (Å²) in [5.41, 5.74) is 2.21. The number of carbonyl (C=O) groups is 2. The van der Waals surface area contributed by atoms with E-state index in [0.29, 0.717) is 32.7 Å². The Bertz CT molecular complexity index is 564. The Kier molecular flexibility index (Phi) is 4.16. The van der Waals surface area contributed by atoms with Crippen LogP contribution >= 0.6 is 0 Å². The first-order chi connectivity index (χ1) is 10.6. The van der Waals surface area contributed by atoms with Crippen molar-refractivity contribution in [3.05, 3.63) is 35.4 Å². The van der Waals surface area contributed by atoms with Gasteiger partial charge in [-0.1, -0.05) is 29.8 Å². The fourth-order valence-electron chi connectivity index (χ4n) is 3.33. The first-order valence-corrected chi connectivity index (χ1v) is 7.76. The smallest absolute Gasteiger partial charge is 0.228 e. The molecule has 0 aliphatic carbocycles. The molecule has 0 radical (unpaired) electrons. The molecule has 2 atom stereocenters. The van der Waals surface area contributed by atoms with Crippen LogP contribution in [0, 0.1) is 12.8 Å². The second kappa shape index (κ2) is 6.08. The van der Waals surface area contributed by atoms with E-state index < -0.39 is 0 Å². The number of hydrogen-bond donors (Lipinski definition) is 0. The molecule has 5 heteroatoms. The molecular formula is C17H22N2O3. The van der Waals surface area contributed by atoms with Crippen molar-refractivity contribution < 1.29 is 14.3 Å². The van der Waals surface area contributed by atoms with Gasteiger partial charge >= 0.3 is 0 Å². The molecule has 5 nitrogen and oxygen atoms in total. The molecule has 2 saturated heterocycles. The Morgan fingerprint density at radius 2 is 1.82 bits per heavy atom. The summed E-state index contributed by atoms with van der Waals surface area (Å²) in [4.78, 5) is 28.5. The average molecular weight is 302 g/mol. The van der Waals surface area contributed by atoms with Crippen LogP contribution in [0.25, 0.3) is 0 Å². The fourth-order valence-corrected chi connectivity index (χ4v) is 3.33. The summed E-state index contributed by atoms with van der Waals surface area (Å²) in [5, 5.41) is 0.